The van der Waals surface area contributed by atoms with Crippen LogP contribution in [-0.2, 0) is 16.1 Å². The second-order valence-electron chi connectivity index (χ2n) is 7.47. The highest BCUT2D eigenvalue weighted by Gasteiger charge is 2.34. The highest BCUT2D eigenvalue weighted by molar-refractivity contribution is 5.78. The lowest BCUT2D eigenvalue weighted by atomic mass is 10.0. The second-order valence-corrected chi connectivity index (χ2v) is 7.47. The topological polar surface area (TPSA) is 80.9 Å². The van der Waals surface area contributed by atoms with Gasteiger partial charge in [-0.2, -0.15) is 0 Å². The van der Waals surface area contributed by atoms with E-state index in [0.717, 1.165) is 25.9 Å². The quantitative estimate of drug-likeness (QED) is 0.726. The predicted octanol–water partition coefficient (Wildman–Crippen LogP) is 1.79. The third-order valence-corrected chi connectivity index (χ3v) is 5.34. The molecule has 0 saturated carbocycles. The van der Waals surface area contributed by atoms with Gasteiger partial charge in [0.15, 0.2) is 0 Å². The molecule has 1 aromatic heterocycles. The fourth-order valence-corrected chi connectivity index (χ4v) is 3.80. The normalized spacial score (nSPS) is 21.5. The Morgan fingerprint density at radius 3 is 2.66 bits per heavy atom. The summed E-state index contributed by atoms with van der Waals surface area (Å²) < 4.78 is 29.8. The van der Waals surface area contributed by atoms with E-state index in [1.807, 2.05) is 4.90 Å². The molecule has 8 nitrogen and oxygen atoms in total. The molecule has 2 aromatic rings. The van der Waals surface area contributed by atoms with Crippen molar-refractivity contribution in [3.8, 4) is 5.75 Å². The van der Waals surface area contributed by atoms with Gasteiger partial charge in [0.25, 0.3) is 0 Å². The Labute approximate surface area is 168 Å². The number of benzene rings is 1. The van der Waals surface area contributed by atoms with Crippen molar-refractivity contribution in [3.05, 3.63) is 41.9 Å². The zero-order valence-corrected chi connectivity index (χ0v) is 16.4. The monoisotopic (exact) mass is 404 g/mol. The number of likely N-dealkylation sites (tertiary alicyclic amines) is 1. The number of carbonyl (C=O) groups excluding carboxylic acids is 1. The molecule has 1 atom stereocenters. The number of piperidine rings is 1. The molecule has 0 N–H and O–H groups in total. The highest BCUT2D eigenvalue weighted by atomic mass is 19.1. The van der Waals surface area contributed by atoms with Crippen molar-refractivity contribution in [2.45, 2.75) is 38.5 Å². The van der Waals surface area contributed by atoms with Crippen LogP contribution in [0.1, 0.15) is 24.6 Å². The lowest BCUT2D eigenvalue weighted by Crippen LogP contribution is -2.55. The Hall–Kier alpha value is -2.52. The first-order chi connectivity index (χ1) is 14.1. The number of rotatable bonds is 6. The average molecular weight is 404 g/mol. The minimum atomic E-state index is -0.302. The van der Waals surface area contributed by atoms with E-state index < -0.39 is 0 Å². The number of aromatic nitrogens is 2. The lowest BCUT2D eigenvalue weighted by molar-refractivity contribution is -0.155. The molecule has 1 amide bonds. The van der Waals surface area contributed by atoms with Gasteiger partial charge < -0.3 is 18.8 Å². The Bertz CT molecular complexity index is 820. The Kier molecular flexibility index (Phi) is 6.05. The molecule has 4 rings (SSSR count). The molecule has 29 heavy (non-hydrogen) atoms. The first-order valence-electron chi connectivity index (χ1n) is 9.87. The molecule has 0 bridgehead atoms. The van der Waals surface area contributed by atoms with E-state index in [1.54, 1.807) is 19.1 Å². The molecule has 9 heteroatoms. The van der Waals surface area contributed by atoms with Crippen LogP contribution in [0.3, 0.4) is 0 Å². The number of hydrogen-bond acceptors (Lipinski definition) is 7. The fraction of sp³-hybridized carbons (Fsp3) is 0.550. The Balaban J connectivity index is 1.26. The predicted molar refractivity (Wildman–Crippen MR) is 101 cm³/mol. The van der Waals surface area contributed by atoms with E-state index in [2.05, 4.69) is 15.1 Å². The van der Waals surface area contributed by atoms with Crippen molar-refractivity contribution >= 4 is 5.91 Å². The molecule has 2 saturated heterocycles. The van der Waals surface area contributed by atoms with E-state index in [-0.39, 0.29) is 30.5 Å². The summed E-state index contributed by atoms with van der Waals surface area (Å²) in [6.07, 6.45) is 1.59. The van der Waals surface area contributed by atoms with E-state index in [0.29, 0.717) is 37.2 Å². The zero-order valence-electron chi connectivity index (χ0n) is 16.4. The summed E-state index contributed by atoms with van der Waals surface area (Å²) in [7, 11) is 0. The van der Waals surface area contributed by atoms with Crippen molar-refractivity contribution in [3.63, 3.8) is 0 Å². The molecule has 0 spiro atoms. The van der Waals surface area contributed by atoms with Gasteiger partial charge in [-0.25, -0.2) is 4.39 Å². The van der Waals surface area contributed by atoms with Crippen LogP contribution in [0.25, 0.3) is 0 Å². The van der Waals surface area contributed by atoms with E-state index in [9.17, 15) is 9.18 Å². The van der Waals surface area contributed by atoms with Gasteiger partial charge in [-0.15, -0.1) is 10.2 Å². The van der Waals surface area contributed by atoms with Crippen molar-refractivity contribution in [1.82, 2.24) is 20.0 Å². The average Bonchev–Trinajstić information content (AvgIpc) is 3.14. The molecular weight excluding hydrogens is 379 g/mol. The SMILES string of the molecule is Cc1nnc(CN2CCC(N3C[C@H](COc4ccc(F)cc4)OCC3=O)CC2)o1. The van der Waals surface area contributed by atoms with Crippen LogP contribution in [0.4, 0.5) is 4.39 Å². The number of hydrogen-bond donors (Lipinski definition) is 0. The van der Waals surface area contributed by atoms with Crippen LogP contribution in [0.2, 0.25) is 0 Å². The van der Waals surface area contributed by atoms with E-state index >= 15 is 0 Å². The van der Waals surface area contributed by atoms with Gasteiger partial charge in [-0.3, -0.25) is 9.69 Å². The molecule has 156 valence electrons. The maximum atomic E-state index is 13.0. The van der Waals surface area contributed by atoms with Crippen molar-refractivity contribution in [1.29, 1.82) is 0 Å². The van der Waals surface area contributed by atoms with Crippen LogP contribution >= 0.6 is 0 Å². The number of halogens is 1. The lowest BCUT2D eigenvalue weighted by Gasteiger charge is -2.41. The third-order valence-electron chi connectivity index (χ3n) is 5.34. The molecular formula is C20H25FN4O4. The maximum absolute atomic E-state index is 13.0. The molecule has 2 aliphatic rings. The largest absolute Gasteiger partial charge is 0.491 e. The Morgan fingerprint density at radius 1 is 1.21 bits per heavy atom. The smallest absolute Gasteiger partial charge is 0.248 e. The molecule has 2 aliphatic heterocycles. The summed E-state index contributed by atoms with van der Waals surface area (Å²) in [6.45, 7) is 5.06. The van der Waals surface area contributed by atoms with Gasteiger partial charge in [-0.05, 0) is 37.1 Å². The third kappa shape index (κ3) is 5.10. The molecule has 3 heterocycles. The van der Waals surface area contributed by atoms with Gasteiger partial charge in [0.2, 0.25) is 17.7 Å². The summed E-state index contributed by atoms with van der Waals surface area (Å²) in [5, 5.41) is 7.91. The van der Waals surface area contributed by atoms with Crippen LogP contribution in [-0.4, -0.2) is 70.9 Å². The molecule has 2 fully saturated rings. The number of amides is 1. The first-order valence-corrected chi connectivity index (χ1v) is 9.87. The Morgan fingerprint density at radius 2 is 1.97 bits per heavy atom. The van der Waals surface area contributed by atoms with Crippen LogP contribution < -0.4 is 4.74 Å². The summed E-state index contributed by atoms with van der Waals surface area (Å²) in [5.41, 5.74) is 0. The second kappa shape index (κ2) is 8.87. The van der Waals surface area contributed by atoms with Crippen LogP contribution in [0.15, 0.2) is 28.7 Å². The summed E-state index contributed by atoms with van der Waals surface area (Å²) >= 11 is 0. The van der Waals surface area contributed by atoms with Gasteiger partial charge in [0.1, 0.15) is 30.9 Å². The standard InChI is InChI=1S/C20H25FN4O4/c1-14-22-23-19(29-14)11-24-8-6-16(7-9-24)25-10-18(28-13-20(25)26)12-27-17-4-2-15(21)3-5-17/h2-5,16,18H,6-13H2,1H3/t18-/m1/s1. The van der Waals surface area contributed by atoms with Gasteiger partial charge >= 0.3 is 0 Å². The molecule has 1 aromatic carbocycles. The molecule has 0 aliphatic carbocycles. The summed E-state index contributed by atoms with van der Waals surface area (Å²) in [5.74, 6) is 1.50. The van der Waals surface area contributed by atoms with Crippen molar-refractivity contribution < 1.29 is 23.1 Å². The minimum Gasteiger partial charge on any atom is -0.491 e. The van der Waals surface area contributed by atoms with E-state index in [1.165, 1.54) is 12.1 Å². The fourth-order valence-electron chi connectivity index (χ4n) is 3.80. The molecule has 0 unspecified atom stereocenters. The summed E-state index contributed by atoms with van der Waals surface area (Å²) in [6, 6.07) is 6.08. The van der Waals surface area contributed by atoms with Crippen LogP contribution in [0.5, 0.6) is 5.75 Å². The summed E-state index contributed by atoms with van der Waals surface area (Å²) in [4.78, 5) is 16.6. The zero-order chi connectivity index (χ0) is 20.2. The van der Waals surface area contributed by atoms with Crippen molar-refractivity contribution in [2.24, 2.45) is 0 Å². The van der Waals surface area contributed by atoms with Gasteiger partial charge in [0.05, 0.1) is 13.1 Å². The first kappa shape index (κ1) is 19.8. The maximum Gasteiger partial charge on any atom is 0.248 e. The number of carbonyl (C=O) groups is 1. The number of aryl methyl sites for hydroxylation is 1. The minimum absolute atomic E-state index is 0.0222. The van der Waals surface area contributed by atoms with Crippen molar-refractivity contribution in [2.75, 3.05) is 32.8 Å². The van der Waals surface area contributed by atoms with Gasteiger partial charge in [-0.1, -0.05) is 0 Å². The van der Waals surface area contributed by atoms with Gasteiger partial charge in [0, 0.05) is 26.1 Å². The highest BCUT2D eigenvalue weighted by Crippen LogP contribution is 2.22. The number of nitrogens with zero attached hydrogens (tertiary/aromatic N) is 4. The number of ether oxygens (including phenoxy) is 2. The van der Waals surface area contributed by atoms with Crippen LogP contribution in [0, 0.1) is 12.7 Å². The molecule has 0 radical (unpaired) electrons. The number of morpholine rings is 1. The van der Waals surface area contributed by atoms with E-state index in [4.69, 9.17) is 13.9 Å².